The van der Waals surface area contributed by atoms with E-state index in [4.69, 9.17) is 15.2 Å². The summed E-state index contributed by atoms with van der Waals surface area (Å²) in [6.45, 7) is 1.59. The van der Waals surface area contributed by atoms with Gasteiger partial charge in [0.15, 0.2) is 0 Å². The molecule has 1 amide bonds. The van der Waals surface area contributed by atoms with Crippen LogP contribution in [-0.4, -0.2) is 37.2 Å². The lowest BCUT2D eigenvalue weighted by atomic mass is 10.2. The summed E-state index contributed by atoms with van der Waals surface area (Å²) in [6.07, 6.45) is 2.03. The van der Waals surface area contributed by atoms with Gasteiger partial charge in [-0.3, -0.25) is 4.79 Å². The Balaban J connectivity index is 1.81. The van der Waals surface area contributed by atoms with Crippen LogP contribution in [0.15, 0.2) is 18.2 Å². The Labute approximate surface area is 123 Å². The molecule has 1 aliphatic rings. The average molecular weight is 296 g/mol. The van der Waals surface area contributed by atoms with E-state index in [9.17, 15) is 4.79 Å². The van der Waals surface area contributed by atoms with Crippen molar-refractivity contribution in [3.8, 4) is 5.75 Å². The number of hydrogen-bond donors (Lipinski definition) is 2. The first kappa shape index (κ1) is 15.0. The maximum Gasteiger partial charge on any atom is 0.234 e. The van der Waals surface area contributed by atoms with Gasteiger partial charge in [-0.25, -0.2) is 0 Å². The number of thioether (sulfide) groups is 1. The highest BCUT2D eigenvalue weighted by atomic mass is 32.2. The maximum atomic E-state index is 11.9. The normalized spacial score (nSPS) is 15.8. The predicted molar refractivity (Wildman–Crippen MR) is 82.3 cm³/mol. The first-order valence-electron chi connectivity index (χ1n) is 6.61. The van der Waals surface area contributed by atoms with Crippen LogP contribution in [-0.2, 0) is 9.53 Å². The van der Waals surface area contributed by atoms with Crippen LogP contribution in [0.3, 0.4) is 0 Å². The summed E-state index contributed by atoms with van der Waals surface area (Å²) in [5.41, 5.74) is 7.00. The minimum Gasteiger partial charge on any atom is -0.497 e. The van der Waals surface area contributed by atoms with E-state index in [0.29, 0.717) is 28.1 Å². The fourth-order valence-corrected chi connectivity index (χ4v) is 2.99. The summed E-state index contributed by atoms with van der Waals surface area (Å²) in [5.74, 6) is 1.09. The number of nitrogen functional groups attached to an aromatic ring is 1. The molecule has 5 nitrogen and oxygen atoms in total. The molecular formula is C14H20N2O3S. The molecule has 0 aliphatic carbocycles. The highest BCUT2D eigenvalue weighted by Gasteiger charge is 2.16. The first-order valence-corrected chi connectivity index (χ1v) is 7.66. The van der Waals surface area contributed by atoms with Crippen LogP contribution in [0.4, 0.5) is 11.4 Å². The van der Waals surface area contributed by atoms with Gasteiger partial charge in [-0.05, 0) is 25.0 Å². The third-order valence-electron chi connectivity index (χ3n) is 3.15. The Kier molecular flexibility index (Phi) is 5.55. The van der Waals surface area contributed by atoms with Crippen LogP contribution < -0.4 is 15.8 Å². The molecule has 110 valence electrons. The Bertz CT molecular complexity index is 462. The second-order valence-electron chi connectivity index (χ2n) is 4.62. The maximum absolute atomic E-state index is 11.9. The molecular weight excluding hydrogens is 276 g/mol. The molecule has 0 atom stereocenters. The zero-order valence-corrected chi connectivity index (χ0v) is 12.4. The van der Waals surface area contributed by atoms with Gasteiger partial charge in [0.1, 0.15) is 5.75 Å². The lowest BCUT2D eigenvalue weighted by Crippen LogP contribution is -2.21. The summed E-state index contributed by atoms with van der Waals surface area (Å²) in [7, 11) is 1.58. The molecule has 0 saturated carbocycles. The molecule has 1 aromatic rings. The molecule has 0 spiro atoms. The molecule has 3 N–H and O–H groups in total. The second-order valence-corrected chi connectivity index (χ2v) is 5.91. The van der Waals surface area contributed by atoms with Crippen LogP contribution in [0.25, 0.3) is 0 Å². The van der Waals surface area contributed by atoms with Crippen molar-refractivity contribution in [1.82, 2.24) is 0 Å². The van der Waals surface area contributed by atoms with Gasteiger partial charge in [0.25, 0.3) is 0 Å². The minimum absolute atomic E-state index is 0.0293. The number of methoxy groups -OCH3 is 1. The summed E-state index contributed by atoms with van der Waals surface area (Å²) < 4.78 is 10.4. The van der Waals surface area contributed by atoms with Gasteiger partial charge in [-0.2, -0.15) is 0 Å². The van der Waals surface area contributed by atoms with Crippen molar-refractivity contribution < 1.29 is 14.3 Å². The number of nitrogens with two attached hydrogens (primary N) is 1. The van der Waals surface area contributed by atoms with Gasteiger partial charge in [0.05, 0.1) is 24.2 Å². The van der Waals surface area contributed by atoms with Crippen molar-refractivity contribution in [1.29, 1.82) is 0 Å². The molecule has 6 heteroatoms. The number of rotatable bonds is 5. The number of hydrogen-bond acceptors (Lipinski definition) is 5. The molecule has 0 aromatic heterocycles. The zero-order valence-electron chi connectivity index (χ0n) is 11.6. The molecule has 2 rings (SSSR count). The molecule has 1 saturated heterocycles. The lowest BCUT2D eigenvalue weighted by molar-refractivity contribution is -0.113. The van der Waals surface area contributed by atoms with Crippen molar-refractivity contribution in [2.75, 3.05) is 37.1 Å². The predicted octanol–water partition coefficient (Wildman–Crippen LogP) is 2.13. The Morgan fingerprint density at radius 1 is 1.50 bits per heavy atom. The standard InChI is InChI=1S/C14H20N2O3S/c1-18-10-2-3-13(12(15)8-10)16-14(17)9-20-11-4-6-19-7-5-11/h2-3,8,11H,4-7,9,15H2,1H3,(H,16,17). The summed E-state index contributed by atoms with van der Waals surface area (Å²) in [5, 5.41) is 3.35. The monoisotopic (exact) mass is 296 g/mol. The van der Waals surface area contributed by atoms with E-state index in [2.05, 4.69) is 5.32 Å². The minimum atomic E-state index is -0.0293. The molecule has 0 bridgehead atoms. The Hall–Kier alpha value is -1.40. The molecule has 20 heavy (non-hydrogen) atoms. The van der Waals surface area contributed by atoms with Crippen LogP contribution in [0.1, 0.15) is 12.8 Å². The molecule has 0 radical (unpaired) electrons. The van der Waals surface area contributed by atoms with E-state index in [0.717, 1.165) is 26.1 Å². The summed E-state index contributed by atoms with van der Waals surface area (Å²) in [4.78, 5) is 11.9. The van der Waals surface area contributed by atoms with Crippen LogP contribution in [0.2, 0.25) is 0 Å². The van der Waals surface area contributed by atoms with Gasteiger partial charge in [0, 0.05) is 24.5 Å². The van der Waals surface area contributed by atoms with E-state index >= 15 is 0 Å². The van der Waals surface area contributed by atoms with Crippen molar-refractivity contribution in [3.05, 3.63) is 18.2 Å². The van der Waals surface area contributed by atoms with E-state index in [1.165, 1.54) is 0 Å². The van der Waals surface area contributed by atoms with E-state index in [1.807, 2.05) is 0 Å². The van der Waals surface area contributed by atoms with E-state index in [1.54, 1.807) is 37.1 Å². The number of ether oxygens (including phenoxy) is 2. The van der Waals surface area contributed by atoms with E-state index < -0.39 is 0 Å². The van der Waals surface area contributed by atoms with Crippen molar-refractivity contribution in [2.24, 2.45) is 0 Å². The number of carbonyl (C=O) groups is 1. The fraction of sp³-hybridized carbons (Fsp3) is 0.500. The highest BCUT2D eigenvalue weighted by Crippen LogP contribution is 2.25. The molecule has 0 unspecified atom stereocenters. The molecule has 1 heterocycles. The van der Waals surface area contributed by atoms with Gasteiger partial charge >= 0.3 is 0 Å². The number of amides is 1. The Morgan fingerprint density at radius 3 is 2.90 bits per heavy atom. The largest absolute Gasteiger partial charge is 0.497 e. The molecule has 1 aliphatic heterocycles. The quantitative estimate of drug-likeness (QED) is 0.814. The second kappa shape index (κ2) is 7.40. The number of nitrogens with one attached hydrogen (secondary N) is 1. The zero-order chi connectivity index (χ0) is 14.4. The average Bonchev–Trinajstić information content (AvgIpc) is 2.48. The first-order chi connectivity index (χ1) is 9.69. The van der Waals surface area contributed by atoms with Crippen molar-refractivity contribution in [2.45, 2.75) is 18.1 Å². The third kappa shape index (κ3) is 4.31. The van der Waals surface area contributed by atoms with Gasteiger partial charge in [0.2, 0.25) is 5.91 Å². The SMILES string of the molecule is COc1ccc(NC(=O)CSC2CCOCC2)c(N)c1. The summed E-state index contributed by atoms with van der Waals surface area (Å²) >= 11 is 1.68. The van der Waals surface area contributed by atoms with Crippen molar-refractivity contribution >= 4 is 29.0 Å². The smallest absolute Gasteiger partial charge is 0.234 e. The number of anilines is 2. The Morgan fingerprint density at radius 2 is 2.25 bits per heavy atom. The van der Waals surface area contributed by atoms with Crippen LogP contribution >= 0.6 is 11.8 Å². The fourth-order valence-electron chi connectivity index (χ4n) is 2.00. The molecule has 1 aromatic carbocycles. The summed E-state index contributed by atoms with van der Waals surface area (Å²) in [6, 6.07) is 5.23. The number of benzene rings is 1. The number of carbonyl (C=O) groups excluding carboxylic acids is 1. The lowest BCUT2D eigenvalue weighted by Gasteiger charge is -2.21. The van der Waals surface area contributed by atoms with Gasteiger partial charge in [-0.1, -0.05) is 0 Å². The highest BCUT2D eigenvalue weighted by molar-refractivity contribution is 8.00. The van der Waals surface area contributed by atoms with Gasteiger partial charge < -0.3 is 20.5 Å². The molecule has 1 fully saturated rings. The van der Waals surface area contributed by atoms with Gasteiger partial charge in [-0.15, -0.1) is 11.8 Å². The van der Waals surface area contributed by atoms with Crippen LogP contribution in [0, 0.1) is 0 Å². The third-order valence-corrected chi connectivity index (χ3v) is 4.52. The van der Waals surface area contributed by atoms with Crippen LogP contribution in [0.5, 0.6) is 5.75 Å². The van der Waals surface area contributed by atoms with Crippen molar-refractivity contribution in [3.63, 3.8) is 0 Å². The van der Waals surface area contributed by atoms with E-state index in [-0.39, 0.29) is 5.91 Å². The topological polar surface area (TPSA) is 73.6 Å².